The second kappa shape index (κ2) is 7.73. The molecule has 0 aliphatic heterocycles. The van der Waals surface area contributed by atoms with Gasteiger partial charge >= 0.3 is 0 Å². The topological polar surface area (TPSA) is 132 Å². The molecule has 0 amide bonds. The standard InChI is InChI=1S/C23H21N5O5/c1-11-6-19(30)26-23(25-11)28-22(31)20-15-7-12(8-17(29)16(15)10-24-21(20)27-28)14-5-4-13(32-2)9-18(14)33-3/h4-6,9-10,12H,7-8H2,1-3H3,(H,24,27)(H,25,26,30)/t12-/m0/s1. The quantitative estimate of drug-likeness (QED) is 0.489. The summed E-state index contributed by atoms with van der Waals surface area (Å²) >= 11 is 0. The van der Waals surface area contributed by atoms with E-state index in [-0.39, 0.29) is 29.6 Å². The van der Waals surface area contributed by atoms with Gasteiger partial charge in [-0.3, -0.25) is 24.5 Å². The molecule has 1 aliphatic rings. The van der Waals surface area contributed by atoms with Gasteiger partial charge in [0.1, 0.15) is 11.5 Å². The molecule has 3 aromatic heterocycles. The molecule has 1 aliphatic carbocycles. The van der Waals surface area contributed by atoms with Crippen LogP contribution >= 0.6 is 0 Å². The molecule has 168 valence electrons. The van der Waals surface area contributed by atoms with E-state index in [1.165, 1.54) is 12.3 Å². The van der Waals surface area contributed by atoms with Gasteiger partial charge in [-0.05, 0) is 36.5 Å². The first-order valence-corrected chi connectivity index (χ1v) is 10.4. The number of hydrogen-bond acceptors (Lipinski definition) is 7. The fourth-order valence-corrected chi connectivity index (χ4v) is 4.43. The van der Waals surface area contributed by atoms with E-state index in [0.29, 0.717) is 45.8 Å². The second-order valence-electron chi connectivity index (χ2n) is 7.97. The number of carbonyl (C=O) groups is 1. The number of pyridine rings is 1. The van der Waals surface area contributed by atoms with Crippen LogP contribution in [-0.4, -0.2) is 44.7 Å². The Morgan fingerprint density at radius 2 is 1.91 bits per heavy atom. The zero-order chi connectivity index (χ0) is 23.3. The first-order chi connectivity index (χ1) is 15.9. The van der Waals surface area contributed by atoms with Gasteiger partial charge in [0.15, 0.2) is 11.4 Å². The molecule has 1 atom stereocenters. The highest BCUT2D eigenvalue weighted by atomic mass is 16.5. The summed E-state index contributed by atoms with van der Waals surface area (Å²) < 4.78 is 12.0. The lowest BCUT2D eigenvalue weighted by Crippen LogP contribution is -2.24. The van der Waals surface area contributed by atoms with Crippen LogP contribution in [0.1, 0.15) is 39.5 Å². The number of Topliss-reactive ketones (excluding diaryl/α,β-unsaturated/α-hetero) is 1. The largest absolute Gasteiger partial charge is 0.497 e. The van der Waals surface area contributed by atoms with E-state index < -0.39 is 5.56 Å². The Labute approximate surface area is 187 Å². The van der Waals surface area contributed by atoms with Gasteiger partial charge in [0.25, 0.3) is 11.1 Å². The molecule has 0 bridgehead atoms. The number of H-pyrrole nitrogens is 2. The molecule has 0 saturated carbocycles. The maximum Gasteiger partial charge on any atom is 0.283 e. The SMILES string of the molecule is COc1ccc([C@@H]2CC(=O)c3cnc4[nH]n(-c5nc(C)cc(=O)[nH]5)c(=O)c4c3C2)c(OC)c1. The number of benzene rings is 1. The van der Waals surface area contributed by atoms with Crippen LogP contribution < -0.4 is 20.6 Å². The van der Waals surface area contributed by atoms with Crippen LogP contribution in [0.5, 0.6) is 11.5 Å². The summed E-state index contributed by atoms with van der Waals surface area (Å²) in [6, 6.07) is 6.82. The van der Waals surface area contributed by atoms with Crippen molar-refractivity contribution < 1.29 is 14.3 Å². The van der Waals surface area contributed by atoms with Crippen molar-refractivity contribution in [2.45, 2.75) is 25.7 Å². The van der Waals surface area contributed by atoms with E-state index in [2.05, 4.69) is 20.1 Å². The van der Waals surface area contributed by atoms with Gasteiger partial charge in [0.2, 0.25) is 5.95 Å². The number of aromatic nitrogens is 5. The minimum atomic E-state index is -0.432. The number of ether oxygens (including phenoxy) is 2. The Morgan fingerprint density at radius 3 is 2.64 bits per heavy atom. The van der Waals surface area contributed by atoms with E-state index >= 15 is 0 Å². The maximum absolute atomic E-state index is 13.4. The third kappa shape index (κ3) is 3.39. The summed E-state index contributed by atoms with van der Waals surface area (Å²) in [6.45, 7) is 1.66. The summed E-state index contributed by atoms with van der Waals surface area (Å²) in [4.78, 5) is 49.4. The molecule has 1 aromatic carbocycles. The van der Waals surface area contributed by atoms with E-state index in [9.17, 15) is 14.4 Å². The first-order valence-electron chi connectivity index (χ1n) is 10.4. The number of hydrogen-bond donors (Lipinski definition) is 2. The summed E-state index contributed by atoms with van der Waals surface area (Å²) in [5.41, 5.74) is 1.89. The monoisotopic (exact) mass is 447 g/mol. The molecule has 3 heterocycles. The number of nitrogens with one attached hydrogen (secondary N) is 2. The minimum absolute atomic E-state index is 0.0623. The van der Waals surface area contributed by atoms with Crippen molar-refractivity contribution in [3.05, 3.63) is 73.6 Å². The van der Waals surface area contributed by atoms with Crippen molar-refractivity contribution in [1.29, 1.82) is 0 Å². The molecule has 0 saturated heterocycles. The maximum atomic E-state index is 13.4. The molecule has 0 spiro atoms. The fraction of sp³-hybridized carbons (Fsp3) is 0.261. The highest BCUT2D eigenvalue weighted by Crippen LogP contribution is 2.39. The smallest absolute Gasteiger partial charge is 0.283 e. The molecular formula is C23H21N5O5. The molecule has 2 N–H and O–H groups in total. The summed E-state index contributed by atoms with van der Waals surface area (Å²) in [5, 5.41) is 3.21. The minimum Gasteiger partial charge on any atom is -0.497 e. The van der Waals surface area contributed by atoms with Gasteiger partial charge in [-0.1, -0.05) is 6.07 Å². The van der Waals surface area contributed by atoms with E-state index in [0.717, 1.165) is 10.2 Å². The first kappa shape index (κ1) is 20.7. The number of rotatable bonds is 4. The molecule has 5 rings (SSSR count). The van der Waals surface area contributed by atoms with Crippen LogP contribution in [0.4, 0.5) is 0 Å². The molecule has 10 heteroatoms. The second-order valence-corrected chi connectivity index (χ2v) is 7.97. The van der Waals surface area contributed by atoms with Gasteiger partial charge in [0.05, 0.1) is 19.6 Å². The predicted molar refractivity (Wildman–Crippen MR) is 120 cm³/mol. The van der Waals surface area contributed by atoms with E-state index in [1.54, 1.807) is 27.2 Å². The Balaban J connectivity index is 1.66. The fourth-order valence-electron chi connectivity index (χ4n) is 4.43. The summed E-state index contributed by atoms with van der Waals surface area (Å²) in [5.74, 6) is 1.05. The predicted octanol–water partition coefficient (Wildman–Crippen LogP) is 2.04. The molecule has 4 aromatic rings. The number of fused-ring (bicyclic) bond motifs is 3. The normalized spacial score (nSPS) is 15.5. The molecule has 33 heavy (non-hydrogen) atoms. The highest BCUT2D eigenvalue weighted by molar-refractivity contribution is 6.02. The highest BCUT2D eigenvalue weighted by Gasteiger charge is 2.31. The molecule has 0 unspecified atom stereocenters. The lowest BCUT2D eigenvalue weighted by atomic mass is 9.79. The van der Waals surface area contributed by atoms with Crippen molar-refractivity contribution >= 4 is 16.8 Å². The van der Waals surface area contributed by atoms with Crippen molar-refractivity contribution in [2.75, 3.05) is 14.2 Å². The van der Waals surface area contributed by atoms with E-state index in [4.69, 9.17) is 9.47 Å². The Morgan fingerprint density at radius 1 is 1.09 bits per heavy atom. The number of aryl methyl sites for hydroxylation is 1. The zero-order valence-electron chi connectivity index (χ0n) is 18.3. The average Bonchev–Trinajstić information content (AvgIpc) is 3.14. The van der Waals surface area contributed by atoms with Gasteiger partial charge in [-0.2, -0.15) is 4.68 Å². The van der Waals surface area contributed by atoms with Crippen molar-refractivity contribution in [3.63, 3.8) is 0 Å². The van der Waals surface area contributed by atoms with Crippen molar-refractivity contribution in [1.82, 2.24) is 24.7 Å². The number of ketones is 1. The molecule has 10 nitrogen and oxygen atoms in total. The molecular weight excluding hydrogens is 426 g/mol. The van der Waals surface area contributed by atoms with Crippen LogP contribution in [-0.2, 0) is 6.42 Å². The number of aromatic amines is 2. The Hall–Kier alpha value is -4.21. The van der Waals surface area contributed by atoms with Crippen LogP contribution in [0.2, 0.25) is 0 Å². The van der Waals surface area contributed by atoms with Gasteiger partial charge in [-0.15, -0.1) is 0 Å². The summed E-state index contributed by atoms with van der Waals surface area (Å²) in [7, 11) is 3.14. The zero-order valence-corrected chi connectivity index (χ0v) is 18.3. The van der Waals surface area contributed by atoms with Gasteiger partial charge in [0, 0.05) is 36.0 Å². The van der Waals surface area contributed by atoms with Crippen LogP contribution in [0.15, 0.2) is 40.1 Å². The average molecular weight is 447 g/mol. The van der Waals surface area contributed by atoms with Crippen LogP contribution in [0, 0.1) is 6.92 Å². The third-order valence-corrected chi connectivity index (χ3v) is 5.95. The van der Waals surface area contributed by atoms with Gasteiger partial charge < -0.3 is 9.47 Å². The van der Waals surface area contributed by atoms with Crippen LogP contribution in [0.3, 0.4) is 0 Å². The lowest BCUT2D eigenvalue weighted by Gasteiger charge is -2.25. The summed E-state index contributed by atoms with van der Waals surface area (Å²) in [6.07, 6.45) is 2.22. The Bertz CT molecular complexity index is 1530. The molecule has 0 radical (unpaired) electrons. The Kier molecular flexibility index (Phi) is 4.85. The van der Waals surface area contributed by atoms with Gasteiger partial charge in [-0.25, -0.2) is 9.97 Å². The number of carbonyl (C=O) groups excluding carboxylic acids is 1. The van der Waals surface area contributed by atoms with Crippen molar-refractivity contribution in [2.24, 2.45) is 0 Å². The van der Waals surface area contributed by atoms with Crippen LogP contribution in [0.25, 0.3) is 17.0 Å². The van der Waals surface area contributed by atoms with Crippen molar-refractivity contribution in [3.8, 4) is 17.4 Å². The molecule has 0 fully saturated rings. The lowest BCUT2D eigenvalue weighted by molar-refractivity contribution is 0.0964. The van der Waals surface area contributed by atoms with E-state index in [1.807, 2.05) is 12.1 Å². The number of methoxy groups -OCH3 is 2. The third-order valence-electron chi connectivity index (χ3n) is 5.95. The number of nitrogens with zero attached hydrogens (tertiary/aromatic N) is 3.